The van der Waals surface area contributed by atoms with Crippen LogP contribution in [0, 0.1) is 11.8 Å². The van der Waals surface area contributed by atoms with Crippen LogP contribution in [0.1, 0.15) is 45.6 Å². The number of hydrogen-bond acceptors (Lipinski definition) is 4. The van der Waals surface area contributed by atoms with Crippen LogP contribution in [0.3, 0.4) is 0 Å². The molecule has 5 nitrogen and oxygen atoms in total. The van der Waals surface area contributed by atoms with Crippen molar-refractivity contribution in [2.24, 2.45) is 11.8 Å². The molecule has 136 valence electrons. The van der Waals surface area contributed by atoms with E-state index >= 15 is 0 Å². The second kappa shape index (κ2) is 8.79. The molecular formula is C20H27NO4. The van der Waals surface area contributed by atoms with Crippen LogP contribution in [-0.2, 0) is 25.5 Å². The topological polar surface area (TPSA) is 72.5 Å². The Bertz CT molecular complexity index is 611. The first-order chi connectivity index (χ1) is 11.8. The minimum Gasteiger partial charge on any atom is -0.461 e. The second-order valence-electron chi connectivity index (χ2n) is 7.23. The van der Waals surface area contributed by atoms with Crippen LogP contribution >= 0.6 is 0 Å². The van der Waals surface area contributed by atoms with E-state index in [-0.39, 0.29) is 30.6 Å². The van der Waals surface area contributed by atoms with E-state index < -0.39 is 18.0 Å². The van der Waals surface area contributed by atoms with Gasteiger partial charge < -0.3 is 10.1 Å². The molecule has 1 N–H and O–H groups in total. The number of nitrogens with one attached hydrogen (secondary N) is 1. The molecule has 25 heavy (non-hydrogen) atoms. The SMILES string of the molecule is CC(=O)O[C@@H](CC(=O)Cc1ccccc1)C1CC(CC(C)C)NC1=O. The normalized spacial score (nSPS) is 21.0. The smallest absolute Gasteiger partial charge is 0.302 e. The van der Waals surface area contributed by atoms with E-state index in [2.05, 4.69) is 19.2 Å². The van der Waals surface area contributed by atoms with Crippen LogP contribution in [-0.4, -0.2) is 29.8 Å². The quantitative estimate of drug-likeness (QED) is 0.735. The molecule has 0 aliphatic carbocycles. The summed E-state index contributed by atoms with van der Waals surface area (Å²) in [6.07, 6.45) is 1.15. The van der Waals surface area contributed by atoms with Crippen LogP contribution in [0.4, 0.5) is 0 Å². The van der Waals surface area contributed by atoms with Crippen molar-refractivity contribution in [1.82, 2.24) is 5.32 Å². The first kappa shape index (κ1) is 19.2. The maximum Gasteiger partial charge on any atom is 0.302 e. The average molecular weight is 345 g/mol. The molecule has 0 aromatic heterocycles. The van der Waals surface area contributed by atoms with Crippen LogP contribution in [0.5, 0.6) is 0 Å². The molecule has 1 aromatic carbocycles. The Morgan fingerprint density at radius 2 is 1.92 bits per heavy atom. The van der Waals surface area contributed by atoms with E-state index in [9.17, 15) is 14.4 Å². The molecular weight excluding hydrogens is 318 g/mol. The summed E-state index contributed by atoms with van der Waals surface area (Å²) in [5.41, 5.74) is 0.919. The lowest BCUT2D eigenvalue weighted by Crippen LogP contribution is -2.34. The van der Waals surface area contributed by atoms with Gasteiger partial charge in [0.1, 0.15) is 11.9 Å². The molecule has 0 radical (unpaired) electrons. The third-order valence-corrected chi connectivity index (χ3v) is 4.42. The predicted molar refractivity (Wildman–Crippen MR) is 94.8 cm³/mol. The number of rotatable bonds is 8. The van der Waals surface area contributed by atoms with Crippen LogP contribution in [0.15, 0.2) is 30.3 Å². The summed E-state index contributed by atoms with van der Waals surface area (Å²) >= 11 is 0. The van der Waals surface area contributed by atoms with Crippen molar-refractivity contribution in [3.8, 4) is 0 Å². The van der Waals surface area contributed by atoms with Gasteiger partial charge in [-0.2, -0.15) is 0 Å². The monoisotopic (exact) mass is 345 g/mol. The standard InChI is InChI=1S/C20H27NO4/c1-13(2)9-16-11-18(20(24)21-16)19(25-14(3)22)12-17(23)10-15-7-5-4-6-8-15/h4-8,13,16,18-19H,9-12H2,1-3H3,(H,21,24)/t16?,18?,19-/m0/s1. The van der Waals surface area contributed by atoms with Gasteiger partial charge in [0.15, 0.2) is 0 Å². The number of esters is 1. The van der Waals surface area contributed by atoms with Gasteiger partial charge in [0, 0.05) is 25.8 Å². The number of ketones is 1. The molecule has 1 saturated heterocycles. The number of amides is 1. The van der Waals surface area contributed by atoms with Gasteiger partial charge in [-0.15, -0.1) is 0 Å². The average Bonchev–Trinajstić information content (AvgIpc) is 2.86. The molecule has 1 aromatic rings. The molecule has 1 aliphatic rings. The van der Waals surface area contributed by atoms with Gasteiger partial charge in [0.05, 0.1) is 5.92 Å². The van der Waals surface area contributed by atoms with Gasteiger partial charge in [-0.25, -0.2) is 0 Å². The second-order valence-corrected chi connectivity index (χ2v) is 7.23. The molecule has 0 bridgehead atoms. The Kier molecular flexibility index (Phi) is 6.73. The summed E-state index contributed by atoms with van der Waals surface area (Å²) in [6, 6.07) is 9.52. The number of hydrogen-bond donors (Lipinski definition) is 1. The van der Waals surface area contributed by atoms with E-state index in [1.54, 1.807) is 0 Å². The fraction of sp³-hybridized carbons (Fsp3) is 0.550. The summed E-state index contributed by atoms with van der Waals surface area (Å²) < 4.78 is 5.35. The lowest BCUT2D eigenvalue weighted by atomic mass is 9.91. The van der Waals surface area contributed by atoms with Gasteiger partial charge in [-0.3, -0.25) is 14.4 Å². The summed E-state index contributed by atoms with van der Waals surface area (Å²) in [5.74, 6) is -0.595. The summed E-state index contributed by atoms with van der Waals surface area (Å²) in [7, 11) is 0. The molecule has 0 spiro atoms. The molecule has 2 unspecified atom stereocenters. The fourth-order valence-corrected chi connectivity index (χ4v) is 3.42. The van der Waals surface area contributed by atoms with E-state index in [0.717, 1.165) is 12.0 Å². The Balaban J connectivity index is 2.01. The highest BCUT2D eigenvalue weighted by atomic mass is 16.5. The first-order valence-electron chi connectivity index (χ1n) is 8.88. The minimum absolute atomic E-state index is 0.0300. The molecule has 1 amide bonds. The fourth-order valence-electron chi connectivity index (χ4n) is 3.42. The van der Waals surface area contributed by atoms with Gasteiger partial charge in [-0.05, 0) is 24.3 Å². The van der Waals surface area contributed by atoms with Crippen molar-refractivity contribution < 1.29 is 19.1 Å². The third-order valence-electron chi connectivity index (χ3n) is 4.42. The van der Waals surface area contributed by atoms with Gasteiger partial charge in [0.25, 0.3) is 0 Å². The molecule has 3 atom stereocenters. The lowest BCUT2D eigenvalue weighted by molar-refractivity contribution is -0.152. The molecule has 1 heterocycles. The van der Waals surface area contributed by atoms with E-state index in [1.807, 2.05) is 30.3 Å². The Morgan fingerprint density at radius 1 is 1.24 bits per heavy atom. The number of ether oxygens (including phenoxy) is 1. The largest absolute Gasteiger partial charge is 0.461 e. The highest BCUT2D eigenvalue weighted by molar-refractivity contribution is 5.85. The molecule has 2 rings (SSSR count). The zero-order valence-electron chi connectivity index (χ0n) is 15.2. The van der Waals surface area contributed by atoms with Crippen LogP contribution < -0.4 is 5.32 Å². The Hall–Kier alpha value is -2.17. The van der Waals surface area contributed by atoms with Crippen molar-refractivity contribution in [2.75, 3.05) is 0 Å². The number of Topliss-reactive ketones (excluding diaryl/α,β-unsaturated/α-hetero) is 1. The summed E-state index contributed by atoms with van der Waals surface area (Å²) in [4.78, 5) is 36.2. The zero-order valence-corrected chi connectivity index (χ0v) is 15.2. The van der Waals surface area contributed by atoms with E-state index in [4.69, 9.17) is 4.74 Å². The van der Waals surface area contributed by atoms with Crippen molar-refractivity contribution in [3.63, 3.8) is 0 Å². The summed E-state index contributed by atoms with van der Waals surface area (Å²) in [6.45, 7) is 5.52. The first-order valence-corrected chi connectivity index (χ1v) is 8.88. The van der Waals surface area contributed by atoms with Crippen molar-refractivity contribution in [3.05, 3.63) is 35.9 Å². The Morgan fingerprint density at radius 3 is 2.52 bits per heavy atom. The summed E-state index contributed by atoms with van der Waals surface area (Å²) in [5, 5.41) is 2.97. The van der Waals surface area contributed by atoms with Crippen LogP contribution in [0.2, 0.25) is 0 Å². The highest BCUT2D eigenvalue weighted by Gasteiger charge is 2.40. The number of benzene rings is 1. The molecule has 1 aliphatic heterocycles. The van der Waals surface area contributed by atoms with Crippen LogP contribution in [0.25, 0.3) is 0 Å². The van der Waals surface area contributed by atoms with Crippen molar-refractivity contribution >= 4 is 17.7 Å². The third kappa shape index (κ3) is 6.00. The van der Waals surface area contributed by atoms with E-state index in [1.165, 1.54) is 6.92 Å². The maximum atomic E-state index is 12.4. The van der Waals surface area contributed by atoms with Crippen molar-refractivity contribution in [2.45, 2.75) is 58.6 Å². The van der Waals surface area contributed by atoms with Gasteiger partial charge in [0.2, 0.25) is 5.91 Å². The number of carbonyl (C=O) groups excluding carboxylic acids is 3. The Labute approximate surface area is 149 Å². The molecule has 5 heteroatoms. The highest BCUT2D eigenvalue weighted by Crippen LogP contribution is 2.27. The maximum absolute atomic E-state index is 12.4. The molecule has 0 saturated carbocycles. The zero-order chi connectivity index (χ0) is 18.4. The van der Waals surface area contributed by atoms with Gasteiger partial charge in [-0.1, -0.05) is 44.2 Å². The van der Waals surface area contributed by atoms with E-state index in [0.29, 0.717) is 12.3 Å². The van der Waals surface area contributed by atoms with Crippen molar-refractivity contribution in [1.29, 1.82) is 0 Å². The molecule has 1 fully saturated rings. The predicted octanol–water partition coefficient (Wildman–Crippen LogP) is 2.67. The van der Waals surface area contributed by atoms with Gasteiger partial charge >= 0.3 is 5.97 Å². The number of carbonyl (C=O) groups is 3. The lowest BCUT2D eigenvalue weighted by Gasteiger charge is -2.21. The minimum atomic E-state index is -0.689.